The molecule has 1 aliphatic rings. The molecule has 0 spiro atoms. The Morgan fingerprint density at radius 2 is 1.81 bits per heavy atom. The minimum Gasteiger partial charge on any atom is -0.321 e. The highest BCUT2D eigenvalue weighted by molar-refractivity contribution is 6.05. The number of carbonyl (C=O) groups is 3. The van der Waals surface area contributed by atoms with Gasteiger partial charge in [-0.3, -0.25) is 19.1 Å². The van der Waals surface area contributed by atoms with Crippen LogP contribution in [-0.2, 0) is 11.8 Å². The van der Waals surface area contributed by atoms with Crippen LogP contribution in [0.2, 0.25) is 0 Å². The van der Waals surface area contributed by atoms with Crippen LogP contribution in [0.5, 0.6) is 0 Å². The third-order valence-corrected chi connectivity index (χ3v) is 4.87. The van der Waals surface area contributed by atoms with Crippen LogP contribution in [0.4, 0.5) is 11.5 Å². The van der Waals surface area contributed by atoms with E-state index < -0.39 is 5.91 Å². The van der Waals surface area contributed by atoms with E-state index in [1.54, 1.807) is 37.4 Å². The Morgan fingerprint density at radius 3 is 2.52 bits per heavy atom. The first-order valence-electron chi connectivity index (χ1n) is 9.21. The van der Waals surface area contributed by atoms with E-state index in [1.165, 1.54) is 18.0 Å². The number of aryl methyl sites for hydroxylation is 1. The normalized spacial score (nSPS) is 14.6. The van der Waals surface area contributed by atoms with Crippen LogP contribution in [0.1, 0.15) is 59.9 Å². The largest absolute Gasteiger partial charge is 0.321 e. The summed E-state index contributed by atoms with van der Waals surface area (Å²) < 4.78 is 1.49. The average molecular weight is 368 g/mol. The molecule has 142 valence electrons. The molecule has 1 aromatic heterocycles. The summed E-state index contributed by atoms with van der Waals surface area (Å²) in [5.41, 5.74) is 1.24. The van der Waals surface area contributed by atoms with Crippen molar-refractivity contribution in [1.29, 1.82) is 0 Å². The molecule has 2 amide bonds. The summed E-state index contributed by atoms with van der Waals surface area (Å²) in [6.45, 7) is 1.47. The molecule has 0 aliphatic heterocycles. The Labute approximate surface area is 158 Å². The van der Waals surface area contributed by atoms with Gasteiger partial charge in [0, 0.05) is 30.3 Å². The van der Waals surface area contributed by atoms with Crippen molar-refractivity contribution in [2.24, 2.45) is 13.0 Å². The van der Waals surface area contributed by atoms with E-state index in [4.69, 9.17) is 0 Å². The third kappa shape index (κ3) is 4.61. The van der Waals surface area contributed by atoms with Crippen LogP contribution in [0.15, 0.2) is 30.3 Å². The molecule has 1 heterocycles. The topological polar surface area (TPSA) is 93.1 Å². The molecule has 27 heavy (non-hydrogen) atoms. The average Bonchev–Trinajstić information content (AvgIpc) is 3.03. The van der Waals surface area contributed by atoms with Crippen molar-refractivity contribution in [3.05, 3.63) is 41.6 Å². The van der Waals surface area contributed by atoms with Gasteiger partial charge in [0.15, 0.2) is 11.5 Å². The zero-order valence-corrected chi connectivity index (χ0v) is 15.6. The van der Waals surface area contributed by atoms with E-state index in [9.17, 15) is 14.4 Å². The molecule has 1 saturated carbocycles. The Hall–Kier alpha value is -2.96. The molecule has 7 heteroatoms. The second kappa shape index (κ2) is 8.16. The van der Waals surface area contributed by atoms with Crippen LogP contribution in [0.25, 0.3) is 0 Å². The third-order valence-electron chi connectivity index (χ3n) is 4.87. The molecule has 2 N–H and O–H groups in total. The van der Waals surface area contributed by atoms with Crippen molar-refractivity contribution in [2.45, 2.75) is 39.0 Å². The number of rotatable bonds is 5. The van der Waals surface area contributed by atoms with Gasteiger partial charge in [0.1, 0.15) is 5.82 Å². The summed E-state index contributed by atoms with van der Waals surface area (Å²) >= 11 is 0. The lowest BCUT2D eigenvalue weighted by Crippen LogP contribution is -2.25. The first-order chi connectivity index (χ1) is 12.9. The highest BCUT2D eigenvalue weighted by Crippen LogP contribution is 2.25. The van der Waals surface area contributed by atoms with Crippen LogP contribution in [-0.4, -0.2) is 27.4 Å². The van der Waals surface area contributed by atoms with Crippen molar-refractivity contribution < 1.29 is 14.4 Å². The van der Waals surface area contributed by atoms with Crippen molar-refractivity contribution in [3.8, 4) is 0 Å². The fourth-order valence-electron chi connectivity index (χ4n) is 3.30. The van der Waals surface area contributed by atoms with Crippen molar-refractivity contribution in [2.75, 3.05) is 10.6 Å². The lowest BCUT2D eigenvalue weighted by Gasteiger charge is -2.20. The lowest BCUT2D eigenvalue weighted by molar-refractivity contribution is -0.120. The Bertz CT molecular complexity index is 866. The molecule has 0 atom stereocenters. The van der Waals surface area contributed by atoms with Crippen LogP contribution < -0.4 is 10.6 Å². The van der Waals surface area contributed by atoms with Crippen LogP contribution >= 0.6 is 0 Å². The Kier molecular flexibility index (Phi) is 5.69. The summed E-state index contributed by atoms with van der Waals surface area (Å²) in [5.74, 6) is 0.0355. The SMILES string of the molecule is CC(=O)c1cccc(NC(=O)c2cc(NC(=O)C3CCCCC3)n(C)n2)c1. The maximum Gasteiger partial charge on any atom is 0.276 e. The fourth-order valence-corrected chi connectivity index (χ4v) is 3.30. The number of anilines is 2. The number of hydrogen-bond acceptors (Lipinski definition) is 4. The van der Waals surface area contributed by atoms with Gasteiger partial charge in [-0.05, 0) is 31.9 Å². The molecule has 1 fully saturated rings. The highest BCUT2D eigenvalue weighted by atomic mass is 16.2. The van der Waals surface area contributed by atoms with E-state index in [2.05, 4.69) is 15.7 Å². The molecule has 7 nitrogen and oxygen atoms in total. The van der Waals surface area contributed by atoms with Gasteiger partial charge in [-0.2, -0.15) is 5.10 Å². The number of Topliss-reactive ketones (excluding diaryl/α,β-unsaturated/α-hetero) is 1. The quantitative estimate of drug-likeness (QED) is 0.791. The number of nitrogens with zero attached hydrogens (tertiary/aromatic N) is 2. The minimum atomic E-state index is -0.399. The molecule has 3 rings (SSSR count). The maximum absolute atomic E-state index is 12.5. The summed E-state index contributed by atoms with van der Waals surface area (Å²) in [6, 6.07) is 8.29. The summed E-state index contributed by atoms with van der Waals surface area (Å²) in [7, 11) is 1.68. The molecular weight excluding hydrogens is 344 g/mol. The Balaban J connectivity index is 1.68. The molecule has 0 saturated heterocycles. The number of benzene rings is 1. The molecular formula is C20H24N4O3. The van der Waals surface area contributed by atoms with Gasteiger partial charge < -0.3 is 10.6 Å². The van der Waals surface area contributed by atoms with E-state index in [0.717, 1.165) is 25.7 Å². The summed E-state index contributed by atoms with van der Waals surface area (Å²) in [4.78, 5) is 36.3. The lowest BCUT2D eigenvalue weighted by atomic mass is 9.89. The smallest absolute Gasteiger partial charge is 0.276 e. The van der Waals surface area contributed by atoms with Gasteiger partial charge >= 0.3 is 0 Å². The predicted octanol–water partition coefficient (Wildman–Crippen LogP) is 3.39. The predicted molar refractivity (Wildman–Crippen MR) is 103 cm³/mol. The zero-order chi connectivity index (χ0) is 19.4. The first-order valence-corrected chi connectivity index (χ1v) is 9.21. The second-order valence-electron chi connectivity index (χ2n) is 6.95. The number of nitrogens with one attached hydrogen (secondary N) is 2. The van der Waals surface area contributed by atoms with Gasteiger partial charge in [0.2, 0.25) is 5.91 Å². The summed E-state index contributed by atoms with van der Waals surface area (Å²) in [5, 5.41) is 9.80. The van der Waals surface area contributed by atoms with Gasteiger partial charge in [-0.15, -0.1) is 0 Å². The highest BCUT2D eigenvalue weighted by Gasteiger charge is 2.23. The van der Waals surface area contributed by atoms with E-state index >= 15 is 0 Å². The second-order valence-corrected chi connectivity index (χ2v) is 6.95. The monoisotopic (exact) mass is 368 g/mol. The maximum atomic E-state index is 12.5. The van der Waals surface area contributed by atoms with E-state index in [-0.39, 0.29) is 23.3 Å². The van der Waals surface area contributed by atoms with E-state index in [0.29, 0.717) is 17.1 Å². The van der Waals surface area contributed by atoms with E-state index in [1.807, 2.05) is 0 Å². The van der Waals surface area contributed by atoms with Gasteiger partial charge in [-0.1, -0.05) is 31.4 Å². The Morgan fingerprint density at radius 1 is 1.07 bits per heavy atom. The molecule has 0 unspecified atom stereocenters. The van der Waals surface area contributed by atoms with Gasteiger partial charge in [-0.25, -0.2) is 0 Å². The number of amides is 2. The number of aromatic nitrogens is 2. The fraction of sp³-hybridized carbons (Fsp3) is 0.400. The van der Waals surface area contributed by atoms with Crippen molar-refractivity contribution in [3.63, 3.8) is 0 Å². The molecule has 2 aromatic rings. The number of hydrogen-bond donors (Lipinski definition) is 2. The standard InChI is InChI=1S/C20H24N4O3/c1-13(25)15-9-6-10-16(11-15)21-20(27)17-12-18(24(2)23-17)22-19(26)14-7-4-3-5-8-14/h6,9-12,14H,3-5,7-8H2,1-2H3,(H,21,27)(H,22,26). The minimum absolute atomic E-state index is 0.0150. The summed E-state index contributed by atoms with van der Waals surface area (Å²) in [6.07, 6.45) is 5.16. The molecule has 1 aliphatic carbocycles. The number of carbonyl (C=O) groups excluding carboxylic acids is 3. The van der Waals surface area contributed by atoms with Gasteiger partial charge in [0.05, 0.1) is 0 Å². The first kappa shape index (κ1) is 18.8. The number of ketones is 1. The molecule has 0 radical (unpaired) electrons. The van der Waals surface area contributed by atoms with Crippen molar-refractivity contribution in [1.82, 2.24) is 9.78 Å². The molecule has 0 bridgehead atoms. The van der Waals surface area contributed by atoms with Crippen LogP contribution in [0, 0.1) is 5.92 Å². The van der Waals surface area contributed by atoms with Crippen LogP contribution in [0.3, 0.4) is 0 Å². The molecule has 1 aromatic carbocycles. The zero-order valence-electron chi connectivity index (χ0n) is 15.6. The van der Waals surface area contributed by atoms with Gasteiger partial charge in [0.25, 0.3) is 5.91 Å². The van der Waals surface area contributed by atoms with Crippen molar-refractivity contribution >= 4 is 29.1 Å².